The standard InChI is InChI=1S/C30H44FN3O3/c1-3-4-6-14-29(35)33(20-10-21-37-2)24-30(36)34(27-11-7-5-8-12-27)23-28-13-9-19-32(28)22-25-15-17-26(31)18-16-25/h9,13,15-19,27H,3-8,10-12,14,20-24H2,1-2H3. The average molecular weight is 514 g/mol. The van der Waals surface area contributed by atoms with Gasteiger partial charge in [-0.25, -0.2) is 4.39 Å². The minimum atomic E-state index is -0.246. The topological polar surface area (TPSA) is 54.8 Å². The number of nitrogens with zero attached hydrogens (tertiary/aromatic N) is 3. The fraction of sp³-hybridized carbons (Fsp3) is 0.600. The predicted molar refractivity (Wildman–Crippen MR) is 145 cm³/mol. The van der Waals surface area contributed by atoms with Crippen LogP contribution in [0, 0.1) is 5.82 Å². The zero-order valence-corrected chi connectivity index (χ0v) is 22.7. The van der Waals surface area contributed by atoms with Gasteiger partial charge in [-0.2, -0.15) is 0 Å². The van der Waals surface area contributed by atoms with Crippen molar-refractivity contribution >= 4 is 11.8 Å². The van der Waals surface area contributed by atoms with Gasteiger partial charge in [0.25, 0.3) is 0 Å². The van der Waals surface area contributed by atoms with E-state index in [0.717, 1.165) is 56.2 Å². The summed E-state index contributed by atoms with van der Waals surface area (Å²) in [6.07, 6.45) is 11.6. The first-order valence-electron chi connectivity index (χ1n) is 14.0. The Bertz CT molecular complexity index is 953. The third-order valence-electron chi connectivity index (χ3n) is 7.31. The molecular formula is C30H44FN3O3. The molecule has 0 radical (unpaired) electrons. The van der Waals surface area contributed by atoms with Crippen molar-refractivity contribution in [1.29, 1.82) is 0 Å². The smallest absolute Gasteiger partial charge is 0.242 e. The predicted octanol–water partition coefficient (Wildman–Crippen LogP) is 5.78. The van der Waals surface area contributed by atoms with E-state index in [1.54, 1.807) is 24.1 Å². The van der Waals surface area contributed by atoms with Crippen molar-refractivity contribution in [2.75, 3.05) is 26.8 Å². The maximum absolute atomic E-state index is 13.8. The molecule has 0 spiro atoms. The summed E-state index contributed by atoms with van der Waals surface area (Å²) in [5.41, 5.74) is 2.06. The Kier molecular flexibility index (Phi) is 12.1. The highest BCUT2D eigenvalue weighted by atomic mass is 19.1. The van der Waals surface area contributed by atoms with Crippen LogP contribution in [0.25, 0.3) is 0 Å². The molecule has 0 bridgehead atoms. The molecule has 1 aromatic carbocycles. The summed E-state index contributed by atoms with van der Waals surface area (Å²) in [4.78, 5) is 30.6. The van der Waals surface area contributed by atoms with Crippen LogP contribution >= 0.6 is 0 Å². The number of aromatic nitrogens is 1. The number of amides is 2. The van der Waals surface area contributed by atoms with Crippen molar-refractivity contribution in [3.8, 4) is 0 Å². The molecular weight excluding hydrogens is 469 g/mol. The van der Waals surface area contributed by atoms with E-state index in [1.165, 1.54) is 18.6 Å². The molecule has 1 saturated carbocycles. The van der Waals surface area contributed by atoms with Crippen LogP contribution in [0.4, 0.5) is 4.39 Å². The van der Waals surface area contributed by atoms with Crippen LogP contribution in [0.15, 0.2) is 42.6 Å². The van der Waals surface area contributed by atoms with Gasteiger partial charge in [0.05, 0.1) is 13.1 Å². The molecule has 0 unspecified atom stereocenters. The second kappa shape index (κ2) is 15.6. The SMILES string of the molecule is CCCCCC(=O)N(CCCOC)CC(=O)N(Cc1cccn1Cc1ccc(F)cc1)C1CCCCC1. The Labute approximate surface area is 221 Å². The third-order valence-corrected chi connectivity index (χ3v) is 7.31. The fourth-order valence-corrected chi connectivity index (χ4v) is 5.15. The number of halogens is 1. The lowest BCUT2D eigenvalue weighted by molar-refractivity contribution is -0.143. The number of benzene rings is 1. The molecule has 6 nitrogen and oxygen atoms in total. The van der Waals surface area contributed by atoms with Crippen LogP contribution in [-0.2, 0) is 27.4 Å². The van der Waals surface area contributed by atoms with E-state index in [-0.39, 0.29) is 30.2 Å². The van der Waals surface area contributed by atoms with E-state index in [4.69, 9.17) is 4.74 Å². The molecule has 0 N–H and O–H groups in total. The number of hydrogen-bond donors (Lipinski definition) is 0. The molecule has 1 aliphatic rings. The van der Waals surface area contributed by atoms with Crippen molar-refractivity contribution in [3.05, 3.63) is 59.7 Å². The normalized spacial score (nSPS) is 14.0. The number of ether oxygens (including phenoxy) is 1. The van der Waals surface area contributed by atoms with E-state index < -0.39 is 0 Å². The molecule has 204 valence electrons. The molecule has 1 fully saturated rings. The molecule has 0 atom stereocenters. The van der Waals surface area contributed by atoms with Gasteiger partial charge in [-0.05, 0) is 55.5 Å². The second-order valence-corrected chi connectivity index (χ2v) is 10.2. The van der Waals surface area contributed by atoms with Crippen molar-refractivity contribution in [1.82, 2.24) is 14.4 Å². The van der Waals surface area contributed by atoms with Gasteiger partial charge < -0.3 is 19.1 Å². The van der Waals surface area contributed by atoms with Gasteiger partial charge in [-0.15, -0.1) is 0 Å². The van der Waals surface area contributed by atoms with Gasteiger partial charge in [0.2, 0.25) is 11.8 Å². The highest BCUT2D eigenvalue weighted by molar-refractivity contribution is 5.85. The third kappa shape index (κ3) is 9.29. The maximum atomic E-state index is 13.8. The Hall–Kier alpha value is -2.67. The number of methoxy groups -OCH3 is 1. The van der Waals surface area contributed by atoms with Crippen LogP contribution in [0.1, 0.15) is 82.4 Å². The zero-order valence-electron chi connectivity index (χ0n) is 22.7. The van der Waals surface area contributed by atoms with E-state index in [2.05, 4.69) is 17.6 Å². The molecule has 0 saturated heterocycles. The summed E-state index contributed by atoms with van der Waals surface area (Å²) in [5.74, 6) is -0.172. The number of hydrogen-bond acceptors (Lipinski definition) is 3. The average Bonchev–Trinajstić information content (AvgIpc) is 3.35. The number of carbonyl (C=O) groups is 2. The van der Waals surface area contributed by atoms with Crippen LogP contribution < -0.4 is 0 Å². The van der Waals surface area contributed by atoms with Crippen molar-refractivity contribution < 1.29 is 18.7 Å². The summed E-state index contributed by atoms with van der Waals surface area (Å²) < 4.78 is 20.7. The van der Waals surface area contributed by atoms with Crippen LogP contribution in [0.3, 0.4) is 0 Å². The molecule has 37 heavy (non-hydrogen) atoms. The first-order chi connectivity index (χ1) is 18.0. The fourth-order valence-electron chi connectivity index (χ4n) is 5.15. The van der Waals surface area contributed by atoms with Crippen LogP contribution in [0.5, 0.6) is 0 Å². The summed E-state index contributed by atoms with van der Waals surface area (Å²) in [6, 6.07) is 10.8. The first-order valence-corrected chi connectivity index (χ1v) is 14.0. The molecule has 0 aliphatic heterocycles. The number of rotatable bonds is 15. The van der Waals surface area contributed by atoms with E-state index in [0.29, 0.717) is 39.1 Å². The molecule has 2 amide bonds. The van der Waals surface area contributed by atoms with Crippen LogP contribution in [0.2, 0.25) is 0 Å². The lowest BCUT2D eigenvalue weighted by Crippen LogP contribution is -2.47. The highest BCUT2D eigenvalue weighted by Crippen LogP contribution is 2.25. The molecule has 1 heterocycles. The van der Waals surface area contributed by atoms with Crippen molar-refractivity contribution in [2.45, 2.75) is 90.3 Å². The quantitative estimate of drug-likeness (QED) is 0.284. The van der Waals surface area contributed by atoms with E-state index in [1.807, 2.05) is 17.2 Å². The minimum absolute atomic E-state index is 0.0164. The van der Waals surface area contributed by atoms with Crippen molar-refractivity contribution in [2.24, 2.45) is 0 Å². The zero-order chi connectivity index (χ0) is 26.5. The highest BCUT2D eigenvalue weighted by Gasteiger charge is 2.28. The van der Waals surface area contributed by atoms with Gasteiger partial charge in [-0.1, -0.05) is 51.2 Å². The van der Waals surface area contributed by atoms with Gasteiger partial charge in [0.15, 0.2) is 0 Å². The summed E-state index contributed by atoms with van der Waals surface area (Å²) in [5, 5.41) is 0. The Morgan fingerprint density at radius 1 is 1.03 bits per heavy atom. The first kappa shape index (κ1) is 28.9. The molecule has 2 aromatic rings. The molecule has 1 aliphatic carbocycles. The number of unbranched alkanes of at least 4 members (excludes halogenated alkanes) is 2. The lowest BCUT2D eigenvalue weighted by Gasteiger charge is -2.36. The lowest BCUT2D eigenvalue weighted by atomic mass is 9.94. The van der Waals surface area contributed by atoms with Crippen LogP contribution in [-0.4, -0.2) is 59.0 Å². The maximum Gasteiger partial charge on any atom is 0.242 e. The number of carbonyl (C=O) groups excluding carboxylic acids is 2. The molecule has 7 heteroatoms. The second-order valence-electron chi connectivity index (χ2n) is 10.2. The van der Waals surface area contributed by atoms with E-state index in [9.17, 15) is 14.0 Å². The summed E-state index contributed by atoms with van der Waals surface area (Å²) >= 11 is 0. The van der Waals surface area contributed by atoms with Gasteiger partial charge in [-0.3, -0.25) is 9.59 Å². The Morgan fingerprint density at radius 2 is 1.78 bits per heavy atom. The minimum Gasteiger partial charge on any atom is -0.385 e. The monoisotopic (exact) mass is 513 g/mol. The Balaban J connectivity index is 1.74. The summed E-state index contributed by atoms with van der Waals surface area (Å²) in [6.45, 7) is 4.46. The largest absolute Gasteiger partial charge is 0.385 e. The van der Waals surface area contributed by atoms with Gasteiger partial charge >= 0.3 is 0 Å². The summed E-state index contributed by atoms with van der Waals surface area (Å²) in [7, 11) is 1.66. The Morgan fingerprint density at radius 3 is 2.49 bits per heavy atom. The van der Waals surface area contributed by atoms with Crippen molar-refractivity contribution in [3.63, 3.8) is 0 Å². The van der Waals surface area contributed by atoms with Gasteiger partial charge in [0.1, 0.15) is 5.82 Å². The molecule has 1 aromatic heterocycles. The molecule has 3 rings (SSSR count). The van der Waals surface area contributed by atoms with Gasteiger partial charge in [0, 0.05) is 51.2 Å². The van der Waals surface area contributed by atoms with E-state index >= 15 is 0 Å².